The van der Waals surface area contributed by atoms with Crippen molar-refractivity contribution in [2.24, 2.45) is 5.18 Å². The monoisotopic (exact) mass is 363 g/mol. The molecule has 0 radical (unpaired) electrons. The van der Waals surface area contributed by atoms with Crippen LogP contribution in [0.1, 0.15) is 51.0 Å². The number of hydrogen-bond acceptors (Lipinski definition) is 5. The third-order valence-electron chi connectivity index (χ3n) is 5.83. The lowest BCUT2D eigenvalue weighted by Crippen LogP contribution is -2.46. The van der Waals surface area contributed by atoms with Gasteiger partial charge in [0.2, 0.25) is 0 Å². The Morgan fingerprint density at radius 1 is 1.19 bits per heavy atom. The van der Waals surface area contributed by atoms with E-state index >= 15 is 0 Å². The van der Waals surface area contributed by atoms with Crippen molar-refractivity contribution in [2.45, 2.75) is 70.6 Å². The number of ether oxygens (including phenoxy) is 1. The van der Waals surface area contributed by atoms with Crippen LogP contribution in [-0.2, 0) is 4.74 Å². The van der Waals surface area contributed by atoms with Crippen LogP contribution in [0.25, 0.3) is 0 Å². The molecule has 5 nitrogen and oxygen atoms in total. The molecule has 6 heteroatoms. The van der Waals surface area contributed by atoms with Crippen molar-refractivity contribution < 1.29 is 9.13 Å². The summed E-state index contributed by atoms with van der Waals surface area (Å²) in [6.07, 6.45) is 7.28. The molecule has 1 N–H and O–H groups in total. The van der Waals surface area contributed by atoms with E-state index in [0.29, 0.717) is 29.4 Å². The van der Waals surface area contributed by atoms with Crippen LogP contribution < -0.4 is 5.32 Å². The fourth-order valence-corrected chi connectivity index (χ4v) is 4.30. The van der Waals surface area contributed by atoms with Gasteiger partial charge >= 0.3 is 0 Å². The van der Waals surface area contributed by atoms with E-state index in [0.717, 1.165) is 32.5 Å². The van der Waals surface area contributed by atoms with Gasteiger partial charge in [-0.05, 0) is 69.2 Å². The summed E-state index contributed by atoms with van der Waals surface area (Å²) >= 11 is 0. The molecule has 0 amide bonds. The van der Waals surface area contributed by atoms with Gasteiger partial charge in [0.25, 0.3) is 0 Å². The van der Waals surface area contributed by atoms with Crippen LogP contribution in [0.4, 0.5) is 15.8 Å². The topological polar surface area (TPSA) is 53.9 Å². The summed E-state index contributed by atoms with van der Waals surface area (Å²) in [5.74, 6) is -0.386. The van der Waals surface area contributed by atoms with Crippen LogP contribution in [0.15, 0.2) is 17.3 Å². The van der Waals surface area contributed by atoms with E-state index in [1.807, 2.05) is 0 Å². The van der Waals surface area contributed by atoms with E-state index in [2.05, 4.69) is 22.3 Å². The standard InChI is InChI=1S/C20H30FN3O2/c1-3-26-17-6-4-16(5-7-17)24-10-8-15(9-11-24)22-19-12-14(2)18(21)13-20(19)23-25/h12-13,15-17,22H,3-11H2,1-2H3. The van der Waals surface area contributed by atoms with Crippen LogP contribution in [0, 0.1) is 17.6 Å². The van der Waals surface area contributed by atoms with E-state index in [9.17, 15) is 9.30 Å². The number of rotatable bonds is 6. The lowest BCUT2D eigenvalue weighted by atomic mass is 9.90. The summed E-state index contributed by atoms with van der Waals surface area (Å²) in [5, 5.41) is 6.38. The molecule has 0 spiro atoms. The summed E-state index contributed by atoms with van der Waals surface area (Å²) in [5.41, 5.74) is 1.34. The van der Waals surface area contributed by atoms with Crippen LogP contribution in [-0.4, -0.2) is 42.8 Å². The smallest absolute Gasteiger partial charge is 0.134 e. The second-order valence-corrected chi connectivity index (χ2v) is 7.55. The van der Waals surface area contributed by atoms with E-state index in [-0.39, 0.29) is 11.5 Å². The predicted octanol–water partition coefficient (Wildman–Crippen LogP) is 4.76. The quantitative estimate of drug-likeness (QED) is 0.741. The van der Waals surface area contributed by atoms with Gasteiger partial charge in [-0.1, -0.05) is 0 Å². The largest absolute Gasteiger partial charge is 0.380 e. The molecular formula is C20H30FN3O2. The van der Waals surface area contributed by atoms with Gasteiger partial charge in [0.15, 0.2) is 0 Å². The SMILES string of the molecule is CCOC1CCC(N2CCC(Nc3cc(C)c(F)cc3N=O)CC2)CC1. The second kappa shape index (κ2) is 8.91. The van der Waals surface area contributed by atoms with Crippen LogP contribution >= 0.6 is 0 Å². The van der Waals surface area contributed by atoms with Gasteiger partial charge in [-0.3, -0.25) is 0 Å². The number of nitrogens with zero attached hydrogens (tertiary/aromatic N) is 2. The molecule has 0 atom stereocenters. The summed E-state index contributed by atoms with van der Waals surface area (Å²) in [7, 11) is 0. The molecule has 2 aliphatic rings. The summed E-state index contributed by atoms with van der Waals surface area (Å²) < 4.78 is 19.4. The molecule has 1 saturated carbocycles. The Bertz CT molecular complexity index is 609. The zero-order valence-electron chi connectivity index (χ0n) is 15.8. The number of hydrogen-bond donors (Lipinski definition) is 1. The Hall–Kier alpha value is -1.53. The van der Waals surface area contributed by atoms with Gasteiger partial charge in [-0.15, -0.1) is 4.91 Å². The minimum absolute atomic E-state index is 0.157. The Balaban J connectivity index is 1.50. The Kier molecular flexibility index (Phi) is 6.59. The number of halogens is 1. The summed E-state index contributed by atoms with van der Waals surface area (Å²) in [4.78, 5) is 13.6. The first kappa shape index (κ1) is 19.2. The zero-order valence-corrected chi connectivity index (χ0v) is 15.8. The first-order valence-corrected chi connectivity index (χ1v) is 9.86. The van der Waals surface area contributed by atoms with Crippen molar-refractivity contribution in [1.82, 2.24) is 4.90 Å². The van der Waals surface area contributed by atoms with E-state index < -0.39 is 0 Å². The van der Waals surface area contributed by atoms with Crippen molar-refractivity contribution in [2.75, 3.05) is 25.0 Å². The lowest BCUT2D eigenvalue weighted by molar-refractivity contribution is 0.00994. The summed E-state index contributed by atoms with van der Waals surface area (Å²) in [6.45, 7) is 6.71. The molecule has 1 aromatic carbocycles. The van der Waals surface area contributed by atoms with Crippen molar-refractivity contribution in [3.8, 4) is 0 Å². The Morgan fingerprint density at radius 3 is 2.50 bits per heavy atom. The molecule has 0 bridgehead atoms. The number of piperidine rings is 1. The minimum atomic E-state index is -0.386. The van der Waals surface area contributed by atoms with Gasteiger partial charge in [-0.25, -0.2) is 4.39 Å². The number of aryl methyl sites for hydroxylation is 1. The number of nitrogens with one attached hydrogen (secondary N) is 1. The fraction of sp³-hybridized carbons (Fsp3) is 0.700. The molecule has 3 rings (SSSR count). The van der Waals surface area contributed by atoms with Gasteiger partial charge in [0.05, 0.1) is 11.8 Å². The highest BCUT2D eigenvalue weighted by Crippen LogP contribution is 2.31. The number of benzene rings is 1. The van der Waals surface area contributed by atoms with Crippen molar-refractivity contribution in [3.05, 3.63) is 28.4 Å². The third-order valence-corrected chi connectivity index (χ3v) is 5.83. The molecule has 1 aliphatic heterocycles. The van der Waals surface area contributed by atoms with Gasteiger partial charge in [0, 0.05) is 37.8 Å². The number of anilines is 1. The second-order valence-electron chi connectivity index (χ2n) is 7.55. The summed E-state index contributed by atoms with van der Waals surface area (Å²) in [6, 6.07) is 3.88. The maximum atomic E-state index is 13.6. The maximum Gasteiger partial charge on any atom is 0.134 e. The highest BCUT2D eigenvalue weighted by atomic mass is 19.1. The molecule has 1 aliphatic carbocycles. The molecule has 1 saturated heterocycles. The Morgan fingerprint density at radius 2 is 1.88 bits per heavy atom. The molecule has 1 heterocycles. The minimum Gasteiger partial charge on any atom is -0.380 e. The average Bonchev–Trinajstić information content (AvgIpc) is 2.66. The normalized spacial score (nSPS) is 25.2. The van der Waals surface area contributed by atoms with Crippen molar-refractivity contribution in [1.29, 1.82) is 0 Å². The average molecular weight is 363 g/mol. The highest BCUT2D eigenvalue weighted by molar-refractivity contribution is 5.67. The molecule has 0 aromatic heterocycles. The molecular weight excluding hydrogens is 333 g/mol. The first-order valence-electron chi connectivity index (χ1n) is 9.86. The lowest BCUT2D eigenvalue weighted by Gasteiger charge is -2.41. The van der Waals surface area contributed by atoms with Gasteiger partial charge < -0.3 is 15.0 Å². The molecule has 2 fully saturated rings. The van der Waals surface area contributed by atoms with E-state index in [1.54, 1.807) is 13.0 Å². The fourth-order valence-electron chi connectivity index (χ4n) is 4.30. The van der Waals surface area contributed by atoms with E-state index in [1.165, 1.54) is 31.7 Å². The van der Waals surface area contributed by atoms with Crippen LogP contribution in [0.2, 0.25) is 0 Å². The van der Waals surface area contributed by atoms with Crippen molar-refractivity contribution in [3.63, 3.8) is 0 Å². The van der Waals surface area contributed by atoms with Gasteiger partial charge in [-0.2, -0.15) is 0 Å². The van der Waals surface area contributed by atoms with Crippen LogP contribution in [0.5, 0.6) is 0 Å². The maximum absolute atomic E-state index is 13.6. The molecule has 0 unspecified atom stereocenters. The number of likely N-dealkylation sites (tertiary alicyclic amines) is 1. The Labute approximate surface area is 155 Å². The van der Waals surface area contributed by atoms with Crippen LogP contribution in [0.3, 0.4) is 0 Å². The first-order chi connectivity index (χ1) is 12.6. The molecule has 1 aromatic rings. The third kappa shape index (κ3) is 4.60. The highest BCUT2D eigenvalue weighted by Gasteiger charge is 2.29. The zero-order chi connectivity index (χ0) is 18.5. The predicted molar refractivity (Wildman–Crippen MR) is 102 cm³/mol. The molecule has 26 heavy (non-hydrogen) atoms. The molecule has 144 valence electrons. The number of nitroso groups, excluding NO2 is 1. The van der Waals surface area contributed by atoms with Gasteiger partial charge in [0.1, 0.15) is 11.5 Å². The van der Waals surface area contributed by atoms with E-state index in [4.69, 9.17) is 4.74 Å². The van der Waals surface area contributed by atoms with Crippen molar-refractivity contribution >= 4 is 11.4 Å².